The van der Waals surface area contributed by atoms with E-state index in [1.807, 2.05) is 0 Å². The van der Waals surface area contributed by atoms with Gasteiger partial charge in [0.15, 0.2) is 0 Å². The van der Waals surface area contributed by atoms with Gasteiger partial charge in [0.25, 0.3) is 0 Å². The average Bonchev–Trinajstić information content (AvgIpc) is 2.81. The molecule has 2 N–H and O–H groups in total. The molecule has 3 nitrogen and oxygen atoms in total. The normalized spacial score (nSPS) is 24.1. The largest absolute Gasteiger partial charge is 0.396 e. The Bertz CT molecular complexity index is 230. The van der Waals surface area contributed by atoms with Gasteiger partial charge in [0.1, 0.15) is 0 Å². The van der Waals surface area contributed by atoms with E-state index in [0.717, 1.165) is 25.8 Å². The van der Waals surface area contributed by atoms with Gasteiger partial charge in [-0.1, -0.05) is 12.8 Å². The van der Waals surface area contributed by atoms with Gasteiger partial charge < -0.3 is 10.4 Å². The first-order valence-electron chi connectivity index (χ1n) is 6.14. The topological polar surface area (TPSA) is 49.3 Å². The molecule has 0 atom stereocenters. The second kappa shape index (κ2) is 4.52. The summed E-state index contributed by atoms with van der Waals surface area (Å²) < 4.78 is 0. The number of hydrogen-bond acceptors (Lipinski definition) is 2. The molecular weight excluding hydrogens is 190 g/mol. The minimum Gasteiger partial charge on any atom is -0.396 e. The highest BCUT2D eigenvalue weighted by Crippen LogP contribution is 2.47. The van der Waals surface area contributed by atoms with Gasteiger partial charge in [-0.3, -0.25) is 4.79 Å². The summed E-state index contributed by atoms with van der Waals surface area (Å²) in [5.41, 5.74) is 0.253. The average molecular weight is 211 g/mol. The maximum Gasteiger partial charge on any atom is 0.223 e. The smallest absolute Gasteiger partial charge is 0.223 e. The molecule has 0 aromatic carbocycles. The Kier molecular flexibility index (Phi) is 3.29. The van der Waals surface area contributed by atoms with Crippen LogP contribution in [0.5, 0.6) is 0 Å². The van der Waals surface area contributed by atoms with Gasteiger partial charge in [0.05, 0.1) is 0 Å². The van der Waals surface area contributed by atoms with Crippen molar-refractivity contribution in [1.82, 2.24) is 5.32 Å². The van der Waals surface area contributed by atoms with E-state index in [1.54, 1.807) is 0 Å². The van der Waals surface area contributed by atoms with Crippen LogP contribution in [0.1, 0.15) is 44.9 Å². The third-order valence-corrected chi connectivity index (χ3v) is 3.96. The summed E-state index contributed by atoms with van der Waals surface area (Å²) in [6, 6.07) is 0. The molecule has 0 saturated heterocycles. The van der Waals surface area contributed by atoms with E-state index in [2.05, 4.69) is 5.32 Å². The second-order valence-corrected chi connectivity index (χ2v) is 5.17. The van der Waals surface area contributed by atoms with Crippen molar-refractivity contribution in [2.24, 2.45) is 11.3 Å². The van der Waals surface area contributed by atoms with Crippen molar-refractivity contribution in [3.8, 4) is 0 Å². The molecule has 0 bridgehead atoms. The van der Waals surface area contributed by atoms with E-state index in [9.17, 15) is 4.79 Å². The van der Waals surface area contributed by atoms with Crippen LogP contribution in [0.2, 0.25) is 0 Å². The van der Waals surface area contributed by atoms with Crippen LogP contribution in [0.3, 0.4) is 0 Å². The zero-order chi connectivity index (χ0) is 10.7. The molecule has 0 radical (unpaired) electrons. The monoisotopic (exact) mass is 211 g/mol. The van der Waals surface area contributed by atoms with Gasteiger partial charge in [-0.25, -0.2) is 0 Å². The number of aliphatic hydroxyl groups excluding tert-OH is 1. The van der Waals surface area contributed by atoms with Crippen LogP contribution in [0.15, 0.2) is 0 Å². The van der Waals surface area contributed by atoms with Crippen molar-refractivity contribution in [1.29, 1.82) is 0 Å². The lowest BCUT2D eigenvalue weighted by atomic mass is 10.0. The van der Waals surface area contributed by atoms with Crippen LogP contribution in [-0.4, -0.2) is 24.2 Å². The van der Waals surface area contributed by atoms with Gasteiger partial charge in [-0.15, -0.1) is 0 Å². The predicted octanol–water partition coefficient (Wildman–Crippen LogP) is 1.46. The van der Waals surface area contributed by atoms with Crippen molar-refractivity contribution in [3.05, 3.63) is 0 Å². The lowest BCUT2D eigenvalue weighted by molar-refractivity contribution is -0.125. The van der Waals surface area contributed by atoms with Crippen molar-refractivity contribution in [2.45, 2.75) is 44.9 Å². The SMILES string of the molecule is O=C(NCC1(CCO)CC1)C1CCCC1. The molecular formula is C12H21NO2. The highest BCUT2D eigenvalue weighted by Gasteiger charge is 2.42. The fourth-order valence-corrected chi connectivity index (χ4v) is 2.54. The first-order valence-corrected chi connectivity index (χ1v) is 6.14. The molecule has 86 valence electrons. The molecule has 0 aliphatic heterocycles. The van der Waals surface area contributed by atoms with E-state index < -0.39 is 0 Å². The molecule has 0 unspecified atom stereocenters. The molecule has 2 saturated carbocycles. The fourth-order valence-electron chi connectivity index (χ4n) is 2.54. The van der Waals surface area contributed by atoms with Crippen molar-refractivity contribution in [2.75, 3.05) is 13.2 Å². The number of aliphatic hydroxyl groups is 1. The van der Waals surface area contributed by atoms with Crippen LogP contribution in [0.4, 0.5) is 0 Å². The van der Waals surface area contributed by atoms with Crippen molar-refractivity contribution < 1.29 is 9.90 Å². The Hall–Kier alpha value is -0.570. The molecule has 2 aliphatic rings. The van der Waals surface area contributed by atoms with Crippen molar-refractivity contribution in [3.63, 3.8) is 0 Å². The van der Waals surface area contributed by atoms with E-state index in [-0.39, 0.29) is 23.8 Å². The molecule has 2 fully saturated rings. The zero-order valence-electron chi connectivity index (χ0n) is 9.30. The summed E-state index contributed by atoms with van der Waals surface area (Å²) >= 11 is 0. The summed E-state index contributed by atoms with van der Waals surface area (Å²) in [7, 11) is 0. The molecule has 15 heavy (non-hydrogen) atoms. The highest BCUT2D eigenvalue weighted by atomic mass is 16.3. The van der Waals surface area contributed by atoms with E-state index >= 15 is 0 Å². The number of carbonyl (C=O) groups excluding carboxylic acids is 1. The fraction of sp³-hybridized carbons (Fsp3) is 0.917. The van der Waals surface area contributed by atoms with Crippen molar-refractivity contribution >= 4 is 5.91 Å². The summed E-state index contributed by atoms with van der Waals surface area (Å²) in [5, 5.41) is 12.0. The molecule has 1 amide bonds. The summed E-state index contributed by atoms with van der Waals surface area (Å²) in [5.74, 6) is 0.520. The van der Waals surface area contributed by atoms with Crippen LogP contribution < -0.4 is 5.32 Å². The number of rotatable bonds is 5. The van der Waals surface area contributed by atoms with Gasteiger partial charge in [-0.05, 0) is 37.5 Å². The molecule has 2 aliphatic carbocycles. The number of carbonyl (C=O) groups is 1. The van der Waals surface area contributed by atoms with E-state index in [4.69, 9.17) is 5.11 Å². The van der Waals surface area contributed by atoms with E-state index in [1.165, 1.54) is 25.7 Å². The molecule has 0 aromatic rings. The number of amides is 1. The van der Waals surface area contributed by atoms with Crippen LogP contribution in [0.25, 0.3) is 0 Å². The van der Waals surface area contributed by atoms with Gasteiger partial charge >= 0.3 is 0 Å². The summed E-state index contributed by atoms with van der Waals surface area (Å²) in [6.45, 7) is 1.03. The number of hydrogen-bond donors (Lipinski definition) is 2. The lowest BCUT2D eigenvalue weighted by Gasteiger charge is -2.16. The first-order chi connectivity index (χ1) is 7.26. The molecule has 0 aromatic heterocycles. The Balaban J connectivity index is 1.70. The maximum absolute atomic E-state index is 11.8. The highest BCUT2D eigenvalue weighted by molar-refractivity contribution is 5.78. The minimum absolute atomic E-state index is 0.247. The van der Waals surface area contributed by atoms with Crippen LogP contribution >= 0.6 is 0 Å². The summed E-state index contributed by atoms with van der Waals surface area (Å²) in [6.07, 6.45) is 7.73. The standard InChI is InChI=1S/C12H21NO2/c14-8-7-12(5-6-12)9-13-11(15)10-3-1-2-4-10/h10,14H,1-9H2,(H,13,15). The second-order valence-electron chi connectivity index (χ2n) is 5.17. The van der Waals surface area contributed by atoms with Gasteiger partial charge in [0, 0.05) is 19.1 Å². The number of nitrogens with one attached hydrogen (secondary N) is 1. The van der Waals surface area contributed by atoms with E-state index in [0.29, 0.717) is 0 Å². The lowest BCUT2D eigenvalue weighted by Crippen LogP contribution is -2.34. The van der Waals surface area contributed by atoms with Crippen LogP contribution in [0, 0.1) is 11.3 Å². The maximum atomic E-state index is 11.8. The Morgan fingerprint density at radius 1 is 1.33 bits per heavy atom. The summed E-state index contributed by atoms with van der Waals surface area (Å²) in [4.78, 5) is 11.8. The first kappa shape index (κ1) is 10.9. The minimum atomic E-state index is 0.247. The van der Waals surface area contributed by atoms with Crippen LogP contribution in [-0.2, 0) is 4.79 Å². The zero-order valence-corrected chi connectivity index (χ0v) is 9.30. The Labute approximate surface area is 91.2 Å². The quantitative estimate of drug-likeness (QED) is 0.723. The Morgan fingerprint density at radius 2 is 2.00 bits per heavy atom. The van der Waals surface area contributed by atoms with Gasteiger partial charge in [0.2, 0.25) is 5.91 Å². The third-order valence-electron chi connectivity index (χ3n) is 3.96. The third kappa shape index (κ3) is 2.71. The predicted molar refractivity (Wildman–Crippen MR) is 58.3 cm³/mol. The molecule has 0 heterocycles. The molecule has 2 rings (SSSR count). The molecule has 0 spiro atoms. The Morgan fingerprint density at radius 3 is 2.53 bits per heavy atom. The molecule has 3 heteroatoms. The van der Waals surface area contributed by atoms with Gasteiger partial charge in [-0.2, -0.15) is 0 Å².